The molecule has 2 saturated carbocycles. The van der Waals surface area contributed by atoms with Crippen LogP contribution in [0.25, 0.3) is 0 Å². The van der Waals surface area contributed by atoms with E-state index >= 15 is 0 Å². The maximum atomic E-state index is 12.0. The van der Waals surface area contributed by atoms with Crippen molar-refractivity contribution in [1.82, 2.24) is 9.55 Å². The first-order valence-electron chi connectivity index (χ1n) is 7.09. The minimum absolute atomic E-state index is 0.0808. The molecule has 0 N–H and O–H groups in total. The van der Waals surface area contributed by atoms with Crippen molar-refractivity contribution in [2.45, 2.75) is 52.7 Å². The number of esters is 1. The fourth-order valence-corrected chi connectivity index (χ4v) is 4.03. The van der Waals surface area contributed by atoms with E-state index < -0.39 is 0 Å². The van der Waals surface area contributed by atoms with E-state index in [0.29, 0.717) is 5.92 Å². The lowest BCUT2D eigenvalue weighted by Crippen LogP contribution is -2.38. The molecule has 2 bridgehead atoms. The van der Waals surface area contributed by atoms with Gasteiger partial charge in [0.15, 0.2) is 0 Å². The summed E-state index contributed by atoms with van der Waals surface area (Å²) in [6.45, 7) is 7.20. The van der Waals surface area contributed by atoms with Crippen LogP contribution in [0.3, 0.4) is 0 Å². The van der Waals surface area contributed by atoms with Crippen molar-refractivity contribution in [3.05, 3.63) is 18.7 Å². The molecule has 4 heteroatoms. The molecule has 1 aromatic rings. The van der Waals surface area contributed by atoms with Gasteiger partial charge in [-0.15, -0.1) is 0 Å². The molecule has 1 heterocycles. The van der Waals surface area contributed by atoms with Gasteiger partial charge in [-0.2, -0.15) is 0 Å². The van der Waals surface area contributed by atoms with Crippen molar-refractivity contribution in [3.63, 3.8) is 0 Å². The number of hydrogen-bond donors (Lipinski definition) is 0. The molecule has 0 radical (unpaired) electrons. The molecule has 1 aromatic heterocycles. The SMILES string of the molecule is CC1(C)C2CCC1(C)C(OC(=O)Cn1ccnc1)C2. The largest absolute Gasteiger partial charge is 0.460 e. The molecule has 2 aliphatic carbocycles. The molecule has 104 valence electrons. The summed E-state index contributed by atoms with van der Waals surface area (Å²) in [6.07, 6.45) is 8.67. The molecule has 19 heavy (non-hydrogen) atoms. The molecule has 0 amide bonds. The summed E-state index contributed by atoms with van der Waals surface area (Å²) in [5.74, 6) is 0.552. The zero-order chi connectivity index (χ0) is 13.7. The van der Waals surface area contributed by atoms with Gasteiger partial charge in [-0.1, -0.05) is 20.8 Å². The topological polar surface area (TPSA) is 44.1 Å². The van der Waals surface area contributed by atoms with Gasteiger partial charge in [-0.05, 0) is 30.6 Å². The molecule has 2 fully saturated rings. The average Bonchev–Trinajstić information content (AvgIpc) is 2.95. The van der Waals surface area contributed by atoms with Crippen molar-refractivity contribution in [3.8, 4) is 0 Å². The molecule has 2 aliphatic rings. The first kappa shape index (κ1) is 12.7. The summed E-state index contributed by atoms with van der Waals surface area (Å²) >= 11 is 0. The lowest BCUT2D eigenvalue weighted by molar-refractivity contribution is -0.157. The third-order valence-corrected chi connectivity index (χ3v) is 5.86. The van der Waals surface area contributed by atoms with Crippen LogP contribution < -0.4 is 0 Å². The number of nitrogens with zero attached hydrogens (tertiary/aromatic N) is 2. The number of rotatable bonds is 3. The first-order valence-corrected chi connectivity index (χ1v) is 7.09. The molecule has 0 aromatic carbocycles. The van der Waals surface area contributed by atoms with Crippen LogP contribution >= 0.6 is 0 Å². The van der Waals surface area contributed by atoms with Gasteiger partial charge in [-0.3, -0.25) is 4.79 Å². The number of aromatic nitrogens is 2. The number of ether oxygens (including phenoxy) is 1. The minimum atomic E-state index is -0.146. The van der Waals surface area contributed by atoms with Gasteiger partial charge in [0.1, 0.15) is 12.6 Å². The van der Waals surface area contributed by atoms with E-state index in [1.165, 1.54) is 12.8 Å². The zero-order valence-corrected chi connectivity index (χ0v) is 11.9. The predicted molar refractivity (Wildman–Crippen MR) is 71.3 cm³/mol. The van der Waals surface area contributed by atoms with Gasteiger partial charge >= 0.3 is 5.97 Å². The van der Waals surface area contributed by atoms with Crippen LogP contribution in [0, 0.1) is 16.7 Å². The summed E-state index contributed by atoms with van der Waals surface area (Å²) in [5.41, 5.74) is 0.426. The van der Waals surface area contributed by atoms with Crippen molar-refractivity contribution < 1.29 is 9.53 Å². The lowest BCUT2D eigenvalue weighted by atomic mass is 9.70. The van der Waals surface area contributed by atoms with Crippen LogP contribution in [-0.2, 0) is 16.1 Å². The smallest absolute Gasteiger partial charge is 0.326 e. The highest BCUT2D eigenvalue weighted by Gasteiger charge is 2.62. The maximum absolute atomic E-state index is 12.0. The fraction of sp³-hybridized carbons (Fsp3) is 0.733. The first-order chi connectivity index (χ1) is 8.93. The van der Waals surface area contributed by atoms with Crippen molar-refractivity contribution in [2.75, 3.05) is 0 Å². The standard InChI is InChI=1S/C15H22N2O2/c1-14(2)11-4-5-15(14,3)12(8-11)19-13(18)9-17-7-6-16-10-17/h6-7,10-12H,4-5,8-9H2,1-3H3. The minimum Gasteiger partial charge on any atom is -0.460 e. The molecule has 0 saturated heterocycles. The Morgan fingerprint density at radius 1 is 1.47 bits per heavy atom. The van der Waals surface area contributed by atoms with E-state index in [1.54, 1.807) is 23.3 Å². The van der Waals surface area contributed by atoms with Crippen molar-refractivity contribution in [2.24, 2.45) is 16.7 Å². The zero-order valence-electron chi connectivity index (χ0n) is 11.9. The van der Waals surface area contributed by atoms with Crippen molar-refractivity contribution in [1.29, 1.82) is 0 Å². The molecule has 4 nitrogen and oxygen atoms in total. The molecular formula is C15H22N2O2. The molecule has 3 rings (SSSR count). The Morgan fingerprint density at radius 3 is 2.79 bits per heavy atom. The molecule has 0 spiro atoms. The monoisotopic (exact) mass is 262 g/mol. The Kier molecular flexibility index (Phi) is 2.73. The quantitative estimate of drug-likeness (QED) is 0.787. The van der Waals surface area contributed by atoms with Crippen LogP contribution in [0.4, 0.5) is 0 Å². The number of hydrogen-bond acceptors (Lipinski definition) is 3. The van der Waals surface area contributed by atoms with Gasteiger partial charge in [0.2, 0.25) is 0 Å². The molecule has 3 atom stereocenters. The van der Waals surface area contributed by atoms with Crippen LogP contribution in [0.5, 0.6) is 0 Å². The second-order valence-electron chi connectivity index (χ2n) is 6.82. The Balaban J connectivity index is 1.67. The highest BCUT2D eigenvalue weighted by Crippen LogP contribution is 2.66. The van der Waals surface area contributed by atoms with Gasteiger partial charge in [-0.25, -0.2) is 4.98 Å². The van der Waals surface area contributed by atoms with Crippen LogP contribution in [0.15, 0.2) is 18.7 Å². The Hall–Kier alpha value is -1.32. The maximum Gasteiger partial charge on any atom is 0.326 e. The van der Waals surface area contributed by atoms with Gasteiger partial charge in [0, 0.05) is 17.8 Å². The van der Waals surface area contributed by atoms with E-state index in [0.717, 1.165) is 6.42 Å². The predicted octanol–water partition coefficient (Wildman–Crippen LogP) is 2.64. The Morgan fingerprint density at radius 2 is 2.26 bits per heavy atom. The average molecular weight is 262 g/mol. The number of carbonyl (C=O) groups excluding carboxylic acids is 1. The van der Waals surface area contributed by atoms with Crippen LogP contribution in [-0.4, -0.2) is 21.6 Å². The van der Waals surface area contributed by atoms with Crippen LogP contribution in [0.1, 0.15) is 40.0 Å². The number of carbonyl (C=O) groups is 1. The summed E-state index contributed by atoms with van der Waals surface area (Å²) in [7, 11) is 0. The van der Waals surface area contributed by atoms with Gasteiger partial charge in [0.05, 0.1) is 6.33 Å². The highest BCUT2D eigenvalue weighted by molar-refractivity contribution is 5.69. The molecular weight excluding hydrogens is 240 g/mol. The summed E-state index contributed by atoms with van der Waals surface area (Å²) < 4.78 is 7.52. The van der Waals surface area contributed by atoms with E-state index in [4.69, 9.17) is 4.74 Å². The third kappa shape index (κ3) is 1.80. The van der Waals surface area contributed by atoms with E-state index in [9.17, 15) is 4.79 Å². The van der Waals surface area contributed by atoms with E-state index in [2.05, 4.69) is 25.8 Å². The normalized spacial score (nSPS) is 35.5. The van der Waals surface area contributed by atoms with E-state index in [-0.39, 0.29) is 29.4 Å². The number of imidazole rings is 1. The summed E-state index contributed by atoms with van der Waals surface area (Å²) in [5, 5.41) is 0. The second kappa shape index (κ2) is 4.09. The van der Waals surface area contributed by atoms with Crippen molar-refractivity contribution >= 4 is 5.97 Å². The third-order valence-electron chi connectivity index (χ3n) is 5.86. The van der Waals surface area contributed by atoms with E-state index in [1.807, 2.05) is 0 Å². The van der Waals surface area contributed by atoms with Gasteiger partial charge in [0.25, 0.3) is 0 Å². The highest BCUT2D eigenvalue weighted by atomic mass is 16.5. The number of fused-ring (bicyclic) bond motifs is 2. The Labute approximate surface area is 114 Å². The summed E-state index contributed by atoms with van der Waals surface area (Å²) in [4.78, 5) is 16.0. The van der Waals surface area contributed by atoms with Crippen LogP contribution in [0.2, 0.25) is 0 Å². The second-order valence-corrected chi connectivity index (χ2v) is 6.82. The molecule has 3 unspecified atom stereocenters. The van der Waals surface area contributed by atoms with Gasteiger partial charge < -0.3 is 9.30 Å². The fourth-order valence-electron chi connectivity index (χ4n) is 4.03. The lowest BCUT2D eigenvalue weighted by Gasteiger charge is -2.38. The Bertz CT molecular complexity index is 480. The summed E-state index contributed by atoms with van der Waals surface area (Å²) in [6, 6.07) is 0. The molecule has 0 aliphatic heterocycles.